The van der Waals surface area contributed by atoms with E-state index in [4.69, 9.17) is 0 Å². The summed E-state index contributed by atoms with van der Waals surface area (Å²) in [7, 11) is 0. The minimum atomic E-state index is -3.34. The first-order valence-corrected chi connectivity index (χ1v) is 11.8. The highest BCUT2D eigenvalue weighted by Crippen LogP contribution is 2.36. The molecule has 0 aromatic heterocycles. The molecule has 180 valence electrons. The van der Waals surface area contributed by atoms with Gasteiger partial charge in [0, 0.05) is 25.0 Å². The molecular formula is C25H36F2NO4-. The normalized spacial score (nSPS) is 19.8. The first-order valence-electron chi connectivity index (χ1n) is 11.8. The lowest BCUT2D eigenvalue weighted by atomic mass is 9.92. The van der Waals surface area contributed by atoms with Crippen molar-refractivity contribution in [1.82, 2.24) is 4.90 Å². The van der Waals surface area contributed by atoms with Gasteiger partial charge < -0.3 is 19.9 Å². The molecule has 0 aliphatic carbocycles. The van der Waals surface area contributed by atoms with Gasteiger partial charge in [-0.15, -0.1) is 0 Å². The smallest absolute Gasteiger partial charge is 0.326 e. The number of hydrogen-bond donors (Lipinski definition) is 1. The average molecular weight is 453 g/mol. The average Bonchev–Trinajstić information content (AvgIpc) is 2.97. The van der Waals surface area contributed by atoms with Crippen molar-refractivity contribution in [3.63, 3.8) is 0 Å². The van der Waals surface area contributed by atoms with E-state index in [2.05, 4.69) is 12.1 Å². The molecule has 0 spiro atoms. The van der Waals surface area contributed by atoms with Gasteiger partial charge in [-0.2, -0.15) is 8.78 Å². The van der Waals surface area contributed by atoms with Crippen LogP contribution in [0.15, 0.2) is 30.3 Å². The van der Waals surface area contributed by atoms with E-state index in [0.29, 0.717) is 38.5 Å². The molecule has 0 unspecified atom stereocenters. The number of hydrogen-bond acceptors (Lipinski definition) is 4. The van der Waals surface area contributed by atoms with Gasteiger partial charge in [-0.25, -0.2) is 0 Å². The Bertz CT molecular complexity index is 713. The zero-order chi connectivity index (χ0) is 23.6. The van der Waals surface area contributed by atoms with Crippen molar-refractivity contribution >= 4 is 11.9 Å². The highest BCUT2D eigenvalue weighted by atomic mass is 19.3. The Balaban J connectivity index is 1.74. The second-order valence-electron chi connectivity index (χ2n) is 9.10. The van der Waals surface area contributed by atoms with E-state index in [1.54, 1.807) is 0 Å². The standard InChI is InChI=1S/C25H37F2NO4/c1-19(10-9-13-20-11-5-4-6-12-20)22(29)16-15-21-18-25(26,27)24(32)28(21)17-8-3-2-7-14-23(30)31/h4-6,11-12,19,21-22,29H,2-3,7-10,13-18H2,1H3,(H,30,31)/p-1/t19-,21+,22-/m1/s1. The molecule has 32 heavy (non-hydrogen) atoms. The summed E-state index contributed by atoms with van der Waals surface area (Å²) in [5.41, 5.74) is 1.26. The number of halogens is 2. The number of aliphatic carboxylic acids is 1. The number of carbonyl (C=O) groups excluding carboxylic acids is 2. The van der Waals surface area contributed by atoms with E-state index in [-0.39, 0.29) is 18.9 Å². The maximum Gasteiger partial charge on any atom is 0.326 e. The Labute approximate surface area is 189 Å². The van der Waals surface area contributed by atoms with Gasteiger partial charge in [0.1, 0.15) is 0 Å². The minimum absolute atomic E-state index is 0.00916. The van der Waals surface area contributed by atoms with Crippen molar-refractivity contribution in [2.24, 2.45) is 5.92 Å². The fourth-order valence-electron chi connectivity index (χ4n) is 4.43. The van der Waals surface area contributed by atoms with E-state index in [9.17, 15) is 28.6 Å². The topological polar surface area (TPSA) is 80.7 Å². The molecule has 2 rings (SSSR count). The Morgan fingerprint density at radius 2 is 1.84 bits per heavy atom. The monoisotopic (exact) mass is 452 g/mol. The molecule has 0 bridgehead atoms. The largest absolute Gasteiger partial charge is 0.550 e. The van der Waals surface area contributed by atoms with Crippen molar-refractivity contribution in [3.8, 4) is 0 Å². The Morgan fingerprint density at radius 1 is 1.16 bits per heavy atom. The first-order chi connectivity index (χ1) is 15.2. The van der Waals surface area contributed by atoms with Gasteiger partial charge in [0.05, 0.1) is 6.10 Å². The van der Waals surface area contributed by atoms with E-state index < -0.39 is 36.4 Å². The number of aliphatic hydroxyl groups excluding tert-OH is 1. The van der Waals surface area contributed by atoms with Crippen molar-refractivity contribution in [1.29, 1.82) is 0 Å². The predicted octanol–water partition coefficient (Wildman–Crippen LogP) is 3.72. The van der Waals surface area contributed by atoms with Crippen LogP contribution in [-0.2, 0) is 16.0 Å². The molecule has 0 radical (unpaired) electrons. The number of aryl methyl sites for hydroxylation is 1. The molecular weight excluding hydrogens is 416 g/mol. The van der Waals surface area contributed by atoms with Gasteiger partial charge in [-0.3, -0.25) is 4.79 Å². The molecule has 7 heteroatoms. The van der Waals surface area contributed by atoms with Crippen LogP contribution in [0.4, 0.5) is 8.78 Å². The van der Waals surface area contributed by atoms with Crippen LogP contribution >= 0.6 is 0 Å². The molecule has 1 N–H and O–H groups in total. The summed E-state index contributed by atoms with van der Waals surface area (Å²) in [4.78, 5) is 23.8. The number of amides is 1. The number of carboxylic acids is 1. The zero-order valence-corrected chi connectivity index (χ0v) is 19.0. The van der Waals surface area contributed by atoms with Gasteiger partial charge in [0.25, 0.3) is 5.91 Å². The van der Waals surface area contributed by atoms with Crippen LogP contribution in [0, 0.1) is 5.92 Å². The van der Waals surface area contributed by atoms with Crippen molar-refractivity contribution < 1.29 is 28.6 Å². The molecule has 3 atom stereocenters. The summed E-state index contributed by atoms with van der Waals surface area (Å²) in [6.45, 7) is 2.22. The van der Waals surface area contributed by atoms with Crippen LogP contribution in [0.5, 0.6) is 0 Å². The van der Waals surface area contributed by atoms with Gasteiger partial charge in [0.15, 0.2) is 0 Å². The minimum Gasteiger partial charge on any atom is -0.550 e. The third-order valence-corrected chi connectivity index (χ3v) is 6.46. The molecule has 1 heterocycles. The molecule has 1 aromatic carbocycles. The maximum atomic E-state index is 14.0. The number of nitrogens with zero attached hydrogens (tertiary/aromatic N) is 1. The molecule has 0 saturated carbocycles. The van der Waals surface area contributed by atoms with Crippen LogP contribution in [0.25, 0.3) is 0 Å². The Hall–Kier alpha value is -2.02. The third kappa shape index (κ3) is 8.49. The van der Waals surface area contributed by atoms with E-state index in [0.717, 1.165) is 19.3 Å². The fraction of sp³-hybridized carbons (Fsp3) is 0.680. The Kier molecular flexibility index (Phi) is 10.6. The van der Waals surface area contributed by atoms with Crippen molar-refractivity contribution in [2.75, 3.05) is 6.54 Å². The third-order valence-electron chi connectivity index (χ3n) is 6.46. The van der Waals surface area contributed by atoms with Crippen LogP contribution in [-0.4, -0.2) is 46.5 Å². The quantitative estimate of drug-likeness (QED) is 0.411. The SMILES string of the molecule is C[C@H](CCCc1ccccc1)[C@H](O)CC[C@H]1CC(F)(F)C(=O)N1CCCCCCC(=O)[O-]. The number of aliphatic hydroxyl groups is 1. The van der Waals surface area contributed by atoms with Gasteiger partial charge >= 0.3 is 5.92 Å². The summed E-state index contributed by atoms with van der Waals surface area (Å²) in [6.07, 6.45) is 4.80. The molecule has 1 aromatic rings. The number of benzene rings is 1. The van der Waals surface area contributed by atoms with Crippen molar-refractivity contribution in [2.45, 2.75) is 95.6 Å². The summed E-state index contributed by atoms with van der Waals surface area (Å²) < 4.78 is 28.1. The lowest BCUT2D eigenvalue weighted by Crippen LogP contribution is -2.37. The fourth-order valence-corrected chi connectivity index (χ4v) is 4.43. The molecule has 5 nitrogen and oxygen atoms in total. The van der Waals surface area contributed by atoms with Crippen molar-refractivity contribution in [3.05, 3.63) is 35.9 Å². The second-order valence-corrected chi connectivity index (χ2v) is 9.10. The first kappa shape index (κ1) is 26.2. The van der Waals surface area contributed by atoms with E-state index in [1.165, 1.54) is 10.5 Å². The van der Waals surface area contributed by atoms with Gasteiger partial charge in [0.2, 0.25) is 0 Å². The number of likely N-dealkylation sites (tertiary alicyclic amines) is 1. The van der Waals surface area contributed by atoms with Gasteiger partial charge in [-0.05, 0) is 62.8 Å². The highest BCUT2D eigenvalue weighted by molar-refractivity contribution is 5.86. The zero-order valence-electron chi connectivity index (χ0n) is 19.0. The van der Waals surface area contributed by atoms with Crippen LogP contribution in [0.2, 0.25) is 0 Å². The molecule has 1 saturated heterocycles. The lowest BCUT2D eigenvalue weighted by Gasteiger charge is -2.26. The van der Waals surface area contributed by atoms with Crippen LogP contribution in [0.3, 0.4) is 0 Å². The number of carbonyl (C=O) groups is 2. The number of rotatable bonds is 15. The maximum absolute atomic E-state index is 14.0. The lowest BCUT2D eigenvalue weighted by molar-refractivity contribution is -0.305. The summed E-state index contributed by atoms with van der Waals surface area (Å²) in [5, 5.41) is 21.0. The molecule has 1 amide bonds. The highest BCUT2D eigenvalue weighted by Gasteiger charge is 2.52. The van der Waals surface area contributed by atoms with Crippen LogP contribution in [0.1, 0.15) is 76.7 Å². The number of unbranched alkanes of at least 4 members (excludes halogenated alkanes) is 3. The van der Waals surface area contributed by atoms with E-state index in [1.807, 2.05) is 25.1 Å². The summed E-state index contributed by atoms with van der Waals surface area (Å²) in [6, 6.07) is 9.59. The molecule has 1 aliphatic heterocycles. The molecule has 1 aliphatic rings. The molecule has 1 fully saturated rings. The van der Waals surface area contributed by atoms with E-state index >= 15 is 0 Å². The predicted molar refractivity (Wildman–Crippen MR) is 117 cm³/mol. The summed E-state index contributed by atoms with van der Waals surface area (Å²) in [5.74, 6) is -5.49. The summed E-state index contributed by atoms with van der Waals surface area (Å²) >= 11 is 0. The number of carboxylic acid groups (broad SMARTS) is 1. The van der Waals surface area contributed by atoms with Gasteiger partial charge in [-0.1, -0.05) is 50.1 Å². The Morgan fingerprint density at radius 3 is 2.53 bits per heavy atom. The van der Waals surface area contributed by atoms with Crippen LogP contribution < -0.4 is 5.11 Å². The second kappa shape index (κ2) is 12.9. The number of alkyl halides is 2.